The Kier molecular flexibility index (Phi) is 6.45. The topological polar surface area (TPSA) is 117 Å². The zero-order valence-corrected chi connectivity index (χ0v) is 16.7. The summed E-state index contributed by atoms with van der Waals surface area (Å²) in [6, 6.07) is 13.6. The van der Waals surface area contributed by atoms with Gasteiger partial charge in [0, 0.05) is 15.6 Å². The lowest BCUT2D eigenvalue weighted by molar-refractivity contribution is -0.120. The van der Waals surface area contributed by atoms with Crippen molar-refractivity contribution in [2.75, 3.05) is 5.32 Å². The van der Waals surface area contributed by atoms with Crippen LogP contribution < -0.4 is 10.7 Å². The van der Waals surface area contributed by atoms with E-state index in [0.29, 0.717) is 21.3 Å². The van der Waals surface area contributed by atoms with Crippen LogP contribution in [0.2, 0.25) is 0 Å². The van der Waals surface area contributed by atoms with Crippen molar-refractivity contribution in [3.8, 4) is 5.75 Å². The number of nitrogens with one attached hydrogen (secondary N) is 2. The lowest BCUT2D eigenvalue weighted by atomic mass is 10.2. The van der Waals surface area contributed by atoms with Crippen LogP contribution in [0.4, 0.5) is 5.13 Å². The molecule has 1 heterocycles. The molecule has 3 rings (SSSR count). The monoisotopic (exact) mass is 459 g/mol. The summed E-state index contributed by atoms with van der Waals surface area (Å²) in [5.41, 5.74) is 3.31. The highest BCUT2D eigenvalue weighted by molar-refractivity contribution is 9.10. The first-order valence-corrected chi connectivity index (χ1v) is 9.61. The predicted molar refractivity (Wildman–Crippen MR) is 110 cm³/mol. The van der Waals surface area contributed by atoms with Crippen LogP contribution in [-0.4, -0.2) is 33.3 Å². The van der Waals surface area contributed by atoms with Gasteiger partial charge in [-0.2, -0.15) is 5.10 Å². The van der Waals surface area contributed by atoms with Gasteiger partial charge in [-0.1, -0.05) is 45.5 Å². The van der Waals surface area contributed by atoms with Crippen molar-refractivity contribution in [2.45, 2.75) is 6.42 Å². The molecule has 0 atom stereocenters. The van der Waals surface area contributed by atoms with Gasteiger partial charge in [0.2, 0.25) is 11.0 Å². The molecule has 3 aromatic rings. The Bertz CT molecular complexity index is 1020. The molecule has 2 amide bonds. The number of hydrogen-bond donors (Lipinski definition) is 3. The van der Waals surface area contributed by atoms with Crippen molar-refractivity contribution < 1.29 is 14.7 Å². The number of aromatic nitrogens is 2. The first kappa shape index (κ1) is 19.6. The molecule has 2 aromatic carbocycles. The minimum atomic E-state index is -0.400. The number of anilines is 1. The van der Waals surface area contributed by atoms with Gasteiger partial charge in [0.25, 0.3) is 5.91 Å². The lowest BCUT2D eigenvalue weighted by Crippen LogP contribution is -2.19. The normalized spacial score (nSPS) is 10.8. The maximum atomic E-state index is 12.1. The summed E-state index contributed by atoms with van der Waals surface area (Å²) in [7, 11) is 0. The van der Waals surface area contributed by atoms with Gasteiger partial charge in [0.05, 0.1) is 12.6 Å². The number of phenolic OH excluding ortho intramolecular Hbond substituents is 1. The number of carbonyl (C=O) groups is 2. The second-order valence-electron chi connectivity index (χ2n) is 5.49. The number of carbonyl (C=O) groups excluding carboxylic acids is 2. The third-order valence-corrected chi connectivity index (χ3v) is 4.75. The van der Waals surface area contributed by atoms with Gasteiger partial charge in [-0.3, -0.25) is 14.9 Å². The average Bonchev–Trinajstić information content (AvgIpc) is 3.12. The van der Waals surface area contributed by atoms with Crippen LogP contribution in [0.1, 0.15) is 20.9 Å². The lowest BCUT2D eigenvalue weighted by Gasteiger charge is -2.00. The standard InChI is InChI=1S/C18H14BrN5O3S/c19-13-6-7-14(25)12(8-13)10-20-22-15(26)9-16-23-24-18(28-16)21-17(27)11-4-2-1-3-5-11/h1-8,10,25H,9H2,(H,22,26)(H,21,24,27). The number of hydrazone groups is 1. The number of hydrogen-bond acceptors (Lipinski definition) is 7. The Morgan fingerprint density at radius 1 is 1.18 bits per heavy atom. The molecule has 0 aliphatic carbocycles. The average molecular weight is 460 g/mol. The Hall–Kier alpha value is -3.11. The van der Waals surface area contributed by atoms with E-state index in [4.69, 9.17) is 0 Å². The molecule has 1 aromatic heterocycles. The van der Waals surface area contributed by atoms with Crippen molar-refractivity contribution in [2.24, 2.45) is 5.10 Å². The highest BCUT2D eigenvalue weighted by Crippen LogP contribution is 2.20. The van der Waals surface area contributed by atoms with E-state index in [0.717, 1.165) is 15.8 Å². The van der Waals surface area contributed by atoms with Crippen molar-refractivity contribution in [3.05, 3.63) is 69.1 Å². The van der Waals surface area contributed by atoms with Gasteiger partial charge in [-0.15, -0.1) is 10.2 Å². The van der Waals surface area contributed by atoms with Crippen LogP contribution >= 0.6 is 27.3 Å². The zero-order chi connectivity index (χ0) is 19.9. The largest absolute Gasteiger partial charge is 0.507 e. The molecule has 142 valence electrons. The highest BCUT2D eigenvalue weighted by atomic mass is 79.9. The first-order valence-electron chi connectivity index (χ1n) is 8.00. The molecule has 8 nitrogen and oxygen atoms in total. The second-order valence-corrected chi connectivity index (χ2v) is 7.47. The molecule has 28 heavy (non-hydrogen) atoms. The van der Waals surface area contributed by atoms with Crippen molar-refractivity contribution in [3.63, 3.8) is 0 Å². The van der Waals surface area contributed by atoms with Crippen LogP contribution in [0.15, 0.2) is 58.1 Å². The van der Waals surface area contributed by atoms with Gasteiger partial charge in [-0.05, 0) is 30.3 Å². The SMILES string of the molecule is O=C(Cc1nnc(NC(=O)c2ccccc2)s1)NN=Cc1cc(Br)ccc1O. The molecule has 0 aliphatic rings. The van der Waals surface area contributed by atoms with Crippen LogP contribution in [0.5, 0.6) is 5.75 Å². The molecule has 10 heteroatoms. The molecule has 0 radical (unpaired) electrons. The summed E-state index contributed by atoms with van der Waals surface area (Å²) >= 11 is 4.40. The second kappa shape index (κ2) is 9.20. The minimum Gasteiger partial charge on any atom is -0.507 e. The quantitative estimate of drug-likeness (QED) is 0.386. The summed E-state index contributed by atoms with van der Waals surface area (Å²) in [5, 5.41) is 24.7. The van der Waals surface area contributed by atoms with Crippen molar-refractivity contribution in [1.29, 1.82) is 0 Å². The minimum absolute atomic E-state index is 0.0410. The summed E-state index contributed by atoms with van der Waals surface area (Å²) < 4.78 is 0.775. The Labute approximate surface area is 172 Å². The Balaban J connectivity index is 1.53. The molecule has 0 aliphatic heterocycles. The van der Waals surface area contributed by atoms with E-state index in [1.165, 1.54) is 12.3 Å². The van der Waals surface area contributed by atoms with E-state index in [-0.39, 0.29) is 18.1 Å². The van der Waals surface area contributed by atoms with E-state index < -0.39 is 5.91 Å². The molecule has 0 saturated heterocycles. The predicted octanol–water partition coefficient (Wildman–Crippen LogP) is 2.95. The fourth-order valence-corrected chi connectivity index (χ4v) is 3.23. The Morgan fingerprint density at radius 2 is 1.96 bits per heavy atom. The maximum Gasteiger partial charge on any atom is 0.257 e. The van der Waals surface area contributed by atoms with Crippen LogP contribution in [0, 0.1) is 0 Å². The van der Waals surface area contributed by atoms with Gasteiger partial charge in [0.15, 0.2) is 0 Å². The van der Waals surface area contributed by atoms with Gasteiger partial charge < -0.3 is 5.11 Å². The first-order chi connectivity index (χ1) is 13.5. The van der Waals surface area contributed by atoms with Crippen LogP contribution in [0.3, 0.4) is 0 Å². The number of amides is 2. The fraction of sp³-hybridized carbons (Fsp3) is 0.0556. The number of nitrogens with zero attached hydrogens (tertiary/aromatic N) is 3. The van der Waals surface area contributed by atoms with E-state index in [9.17, 15) is 14.7 Å². The maximum absolute atomic E-state index is 12.1. The molecule has 0 spiro atoms. The fourth-order valence-electron chi connectivity index (χ4n) is 2.11. The van der Waals surface area contributed by atoms with Crippen molar-refractivity contribution >= 4 is 50.4 Å². The molecule has 0 fully saturated rings. The van der Waals surface area contributed by atoms with E-state index >= 15 is 0 Å². The van der Waals surface area contributed by atoms with Crippen LogP contribution in [0.25, 0.3) is 0 Å². The van der Waals surface area contributed by atoms with Gasteiger partial charge in [0.1, 0.15) is 10.8 Å². The highest BCUT2D eigenvalue weighted by Gasteiger charge is 2.12. The van der Waals surface area contributed by atoms with E-state index in [1.807, 2.05) is 6.07 Å². The number of phenols is 1. The summed E-state index contributed by atoms with van der Waals surface area (Å²) in [4.78, 5) is 24.0. The Morgan fingerprint density at radius 3 is 2.75 bits per heavy atom. The van der Waals surface area contributed by atoms with E-state index in [1.54, 1.807) is 36.4 Å². The number of benzene rings is 2. The van der Waals surface area contributed by atoms with E-state index in [2.05, 4.69) is 42.0 Å². The third-order valence-electron chi connectivity index (χ3n) is 3.42. The van der Waals surface area contributed by atoms with Gasteiger partial charge in [-0.25, -0.2) is 5.43 Å². The smallest absolute Gasteiger partial charge is 0.257 e. The number of halogens is 1. The van der Waals surface area contributed by atoms with Crippen LogP contribution in [-0.2, 0) is 11.2 Å². The zero-order valence-electron chi connectivity index (χ0n) is 14.3. The molecule has 0 saturated carbocycles. The number of rotatable bonds is 6. The number of aromatic hydroxyl groups is 1. The summed E-state index contributed by atoms with van der Waals surface area (Å²) in [5.74, 6) is -0.655. The molecule has 3 N–H and O–H groups in total. The van der Waals surface area contributed by atoms with Crippen molar-refractivity contribution in [1.82, 2.24) is 15.6 Å². The third kappa shape index (κ3) is 5.44. The molecule has 0 unspecified atom stereocenters. The molecular weight excluding hydrogens is 446 g/mol. The summed E-state index contributed by atoms with van der Waals surface area (Å²) in [6.45, 7) is 0. The summed E-state index contributed by atoms with van der Waals surface area (Å²) in [6.07, 6.45) is 1.30. The van der Waals surface area contributed by atoms with Gasteiger partial charge >= 0.3 is 0 Å². The molecular formula is C18H14BrN5O3S. The molecule has 0 bridgehead atoms.